The quantitative estimate of drug-likeness (QED) is 0.768. The topological polar surface area (TPSA) is 61.9 Å². The number of ether oxygens (including phenoxy) is 2. The maximum atomic E-state index is 6.26. The van der Waals surface area contributed by atoms with E-state index in [4.69, 9.17) is 9.47 Å². The van der Waals surface area contributed by atoms with Gasteiger partial charge in [-0.05, 0) is 68.6 Å². The summed E-state index contributed by atoms with van der Waals surface area (Å²) in [5, 5.41) is 7.11. The lowest BCUT2D eigenvalue weighted by molar-refractivity contribution is 0.122. The fraction of sp³-hybridized carbons (Fsp3) is 0.560. The van der Waals surface area contributed by atoms with E-state index in [2.05, 4.69) is 49.7 Å². The second-order valence-electron chi connectivity index (χ2n) is 9.38. The number of anilines is 3. The van der Waals surface area contributed by atoms with Gasteiger partial charge in [0.25, 0.3) is 0 Å². The van der Waals surface area contributed by atoms with Crippen molar-refractivity contribution in [1.82, 2.24) is 15.2 Å². The van der Waals surface area contributed by atoms with Gasteiger partial charge in [0.1, 0.15) is 18.2 Å². The average molecular weight is 436 g/mol. The summed E-state index contributed by atoms with van der Waals surface area (Å²) in [6.07, 6.45) is 5.65. The summed E-state index contributed by atoms with van der Waals surface area (Å²) in [6, 6.07) is 9.55. The van der Waals surface area contributed by atoms with Crippen LogP contribution >= 0.6 is 0 Å². The lowest BCUT2D eigenvalue weighted by Crippen LogP contribution is -2.42. The Kier molecular flexibility index (Phi) is 5.63. The van der Waals surface area contributed by atoms with Crippen LogP contribution in [-0.2, 0) is 11.3 Å². The summed E-state index contributed by atoms with van der Waals surface area (Å²) in [6.45, 7) is 8.61. The molecule has 170 valence electrons. The van der Waals surface area contributed by atoms with E-state index in [9.17, 15) is 0 Å². The number of hydrogen-bond acceptors (Lipinski definition) is 7. The molecule has 1 aromatic heterocycles. The Bertz CT molecular complexity index is 947. The summed E-state index contributed by atoms with van der Waals surface area (Å²) in [7, 11) is 0. The molecule has 3 saturated heterocycles. The van der Waals surface area contributed by atoms with Gasteiger partial charge in [-0.3, -0.25) is 4.90 Å². The minimum absolute atomic E-state index is 0.531. The Balaban J connectivity index is 1.20. The molecule has 2 N–H and O–H groups in total. The van der Waals surface area contributed by atoms with Crippen LogP contribution in [-0.4, -0.2) is 68.4 Å². The summed E-state index contributed by atoms with van der Waals surface area (Å²) >= 11 is 0. The van der Waals surface area contributed by atoms with E-state index >= 15 is 0 Å². The highest BCUT2D eigenvalue weighted by molar-refractivity contribution is 5.73. The number of likely N-dealkylation sites (tertiary alicyclic amines) is 1. The highest BCUT2D eigenvalue weighted by Gasteiger charge is 2.28. The SMILES string of the molecule is c1cc(N2CCOCC2)c2c(n1)Nc1cc(C3CCN([C@H]4CCNC4)CC3)ccc1OC2. The predicted molar refractivity (Wildman–Crippen MR) is 126 cm³/mol. The van der Waals surface area contributed by atoms with Crippen molar-refractivity contribution in [2.75, 3.05) is 62.7 Å². The molecule has 4 aliphatic heterocycles. The highest BCUT2D eigenvalue weighted by Crippen LogP contribution is 2.40. The number of morpholine rings is 1. The number of hydrogen-bond donors (Lipinski definition) is 2. The maximum absolute atomic E-state index is 6.26. The molecule has 0 amide bonds. The molecule has 4 aliphatic rings. The van der Waals surface area contributed by atoms with Crippen molar-refractivity contribution < 1.29 is 9.47 Å². The first kappa shape index (κ1) is 20.3. The lowest BCUT2D eigenvalue weighted by Gasteiger charge is -2.36. The van der Waals surface area contributed by atoms with Crippen LogP contribution in [0.15, 0.2) is 30.5 Å². The van der Waals surface area contributed by atoms with Crippen molar-refractivity contribution in [3.63, 3.8) is 0 Å². The number of piperidine rings is 1. The fourth-order valence-corrected chi connectivity index (χ4v) is 5.68. The summed E-state index contributed by atoms with van der Waals surface area (Å²) in [5.41, 5.74) is 4.78. The van der Waals surface area contributed by atoms with E-state index in [1.165, 1.54) is 50.1 Å². The van der Waals surface area contributed by atoms with E-state index in [1.807, 2.05) is 6.20 Å². The molecule has 0 saturated carbocycles. The van der Waals surface area contributed by atoms with Crippen LogP contribution in [0.1, 0.15) is 36.3 Å². The van der Waals surface area contributed by atoms with Crippen LogP contribution in [0.3, 0.4) is 0 Å². The van der Waals surface area contributed by atoms with Gasteiger partial charge in [0.05, 0.1) is 24.5 Å². The first-order valence-electron chi connectivity index (χ1n) is 12.1. The molecule has 5 heterocycles. The van der Waals surface area contributed by atoms with Crippen LogP contribution in [0.2, 0.25) is 0 Å². The molecule has 1 aromatic carbocycles. The van der Waals surface area contributed by atoms with Crippen LogP contribution in [0, 0.1) is 0 Å². The minimum Gasteiger partial charge on any atom is -0.487 e. The third-order valence-electron chi connectivity index (χ3n) is 7.56. The molecule has 0 aliphatic carbocycles. The number of nitrogens with one attached hydrogen (secondary N) is 2. The molecule has 3 fully saturated rings. The molecule has 0 bridgehead atoms. The standard InChI is InChI=1S/C25H33N5O2/c1-2-24-22(15-19(1)18-5-9-29(10-6-18)20-3-7-26-16-20)28-25-21(17-32-24)23(4-8-27-25)30-11-13-31-14-12-30/h1-2,4,8,15,18,20,26H,3,5-7,9-14,16-17H2,(H,27,28)/t20-/m0/s1. The average Bonchev–Trinajstić information content (AvgIpc) is 3.32. The Labute approximate surface area is 190 Å². The van der Waals surface area contributed by atoms with E-state index in [0.29, 0.717) is 12.5 Å². The number of rotatable bonds is 3. The van der Waals surface area contributed by atoms with Crippen LogP contribution in [0.25, 0.3) is 0 Å². The molecule has 32 heavy (non-hydrogen) atoms. The first-order valence-corrected chi connectivity index (χ1v) is 12.1. The smallest absolute Gasteiger partial charge is 0.143 e. The zero-order valence-corrected chi connectivity index (χ0v) is 18.7. The summed E-state index contributed by atoms with van der Waals surface area (Å²) in [5.74, 6) is 2.44. The second-order valence-corrected chi connectivity index (χ2v) is 9.38. The summed E-state index contributed by atoms with van der Waals surface area (Å²) in [4.78, 5) is 9.74. The predicted octanol–water partition coefficient (Wildman–Crippen LogP) is 3.10. The molecule has 2 aromatic rings. The molecule has 7 nitrogen and oxygen atoms in total. The zero-order chi connectivity index (χ0) is 21.3. The molecule has 6 rings (SSSR count). The van der Waals surface area contributed by atoms with Gasteiger partial charge in [0.2, 0.25) is 0 Å². The number of nitrogens with zero attached hydrogens (tertiary/aromatic N) is 3. The van der Waals surface area contributed by atoms with Crippen LogP contribution < -0.4 is 20.3 Å². The number of pyridine rings is 1. The Morgan fingerprint density at radius 2 is 1.88 bits per heavy atom. The highest BCUT2D eigenvalue weighted by atomic mass is 16.5. The molecule has 1 atom stereocenters. The molecule has 7 heteroatoms. The Morgan fingerprint density at radius 1 is 1.00 bits per heavy atom. The van der Waals surface area contributed by atoms with Gasteiger partial charge < -0.3 is 25.0 Å². The molecular weight excluding hydrogens is 402 g/mol. The second kappa shape index (κ2) is 8.89. The molecular formula is C25H33N5O2. The number of benzene rings is 1. The molecule has 0 radical (unpaired) electrons. The summed E-state index contributed by atoms with van der Waals surface area (Å²) < 4.78 is 11.8. The van der Waals surface area contributed by atoms with Gasteiger partial charge in [-0.2, -0.15) is 0 Å². The maximum Gasteiger partial charge on any atom is 0.143 e. The van der Waals surface area contributed by atoms with E-state index in [-0.39, 0.29) is 0 Å². The van der Waals surface area contributed by atoms with Crippen LogP contribution in [0.4, 0.5) is 17.2 Å². The third-order valence-corrected chi connectivity index (χ3v) is 7.56. The fourth-order valence-electron chi connectivity index (χ4n) is 5.68. The van der Waals surface area contributed by atoms with Gasteiger partial charge in [0.15, 0.2) is 0 Å². The molecule has 0 unspecified atom stereocenters. The van der Waals surface area contributed by atoms with Crippen molar-refractivity contribution >= 4 is 17.2 Å². The Hall–Kier alpha value is -2.35. The van der Waals surface area contributed by atoms with Crippen molar-refractivity contribution in [3.8, 4) is 5.75 Å². The van der Waals surface area contributed by atoms with Crippen molar-refractivity contribution in [1.29, 1.82) is 0 Å². The van der Waals surface area contributed by atoms with Gasteiger partial charge in [-0.25, -0.2) is 4.98 Å². The van der Waals surface area contributed by atoms with E-state index in [1.54, 1.807) is 0 Å². The monoisotopic (exact) mass is 435 g/mol. The minimum atomic E-state index is 0.531. The van der Waals surface area contributed by atoms with Gasteiger partial charge in [0, 0.05) is 37.6 Å². The normalized spacial score (nSPS) is 24.2. The number of fused-ring (bicyclic) bond motifs is 2. The largest absolute Gasteiger partial charge is 0.487 e. The van der Waals surface area contributed by atoms with Gasteiger partial charge in [-0.1, -0.05) is 6.07 Å². The number of aromatic nitrogens is 1. The van der Waals surface area contributed by atoms with Crippen LogP contribution in [0.5, 0.6) is 5.75 Å². The molecule has 0 spiro atoms. The van der Waals surface area contributed by atoms with Crippen molar-refractivity contribution in [2.45, 2.75) is 37.8 Å². The van der Waals surface area contributed by atoms with E-state index in [0.717, 1.165) is 61.7 Å². The van der Waals surface area contributed by atoms with Crippen molar-refractivity contribution in [2.24, 2.45) is 0 Å². The van der Waals surface area contributed by atoms with Crippen molar-refractivity contribution in [3.05, 3.63) is 41.6 Å². The zero-order valence-electron chi connectivity index (χ0n) is 18.7. The van der Waals surface area contributed by atoms with Gasteiger partial charge in [-0.15, -0.1) is 0 Å². The van der Waals surface area contributed by atoms with E-state index < -0.39 is 0 Å². The first-order chi connectivity index (χ1) is 15.8. The Morgan fingerprint density at radius 3 is 2.69 bits per heavy atom. The third kappa shape index (κ3) is 3.93. The van der Waals surface area contributed by atoms with Gasteiger partial charge >= 0.3 is 0 Å². The lowest BCUT2D eigenvalue weighted by atomic mass is 9.88.